The molecule has 2 aromatic rings. The van der Waals surface area contributed by atoms with Crippen LogP contribution in [0, 0.1) is 10.1 Å². The van der Waals surface area contributed by atoms with Crippen LogP contribution in [0.3, 0.4) is 0 Å². The summed E-state index contributed by atoms with van der Waals surface area (Å²) in [7, 11) is 0. The minimum Gasteiger partial charge on any atom is -0.461 e. The average molecular weight is 427 g/mol. The molecule has 1 aliphatic rings. The van der Waals surface area contributed by atoms with Crippen molar-refractivity contribution in [3.63, 3.8) is 0 Å². The smallest absolute Gasteiger partial charge is 0.357 e. The number of aromatic nitrogens is 2. The predicted molar refractivity (Wildman–Crippen MR) is 96.0 cm³/mol. The zero-order valence-electron chi connectivity index (χ0n) is 13.3. The first-order valence-corrected chi connectivity index (χ1v) is 9.37. The summed E-state index contributed by atoms with van der Waals surface area (Å²) in [6.45, 7) is 2.82. The lowest BCUT2D eigenvalue weighted by Gasteiger charge is -2.24. The van der Waals surface area contributed by atoms with Gasteiger partial charge in [0.25, 0.3) is 5.69 Å². The van der Waals surface area contributed by atoms with E-state index in [1.807, 2.05) is 0 Å². The SMILES string of the molecule is CCOC(=O)c1csc(C2CCCN2c2ncc([N+](=O)[O-])cc2Br)n1. The quantitative estimate of drug-likeness (QED) is 0.407. The summed E-state index contributed by atoms with van der Waals surface area (Å²) in [6, 6.07) is 1.43. The number of halogens is 1. The molecule has 3 heterocycles. The molecule has 0 aliphatic carbocycles. The Bertz CT molecular complexity index is 813. The van der Waals surface area contributed by atoms with Gasteiger partial charge in [-0.1, -0.05) is 0 Å². The lowest BCUT2D eigenvalue weighted by atomic mass is 10.2. The van der Waals surface area contributed by atoms with Crippen molar-refractivity contribution in [3.05, 3.63) is 42.9 Å². The number of thiazole rings is 1. The highest BCUT2D eigenvalue weighted by Gasteiger charge is 2.31. The highest BCUT2D eigenvalue weighted by Crippen LogP contribution is 2.40. The van der Waals surface area contributed by atoms with Crippen LogP contribution in [0.25, 0.3) is 0 Å². The van der Waals surface area contributed by atoms with E-state index in [0.717, 1.165) is 24.4 Å². The van der Waals surface area contributed by atoms with Crippen LogP contribution >= 0.6 is 27.3 Å². The molecule has 0 bridgehead atoms. The van der Waals surface area contributed by atoms with E-state index in [1.54, 1.807) is 12.3 Å². The molecule has 25 heavy (non-hydrogen) atoms. The molecule has 1 unspecified atom stereocenters. The highest BCUT2D eigenvalue weighted by atomic mass is 79.9. The molecule has 132 valence electrons. The summed E-state index contributed by atoms with van der Waals surface area (Å²) >= 11 is 4.78. The number of esters is 1. The number of ether oxygens (including phenoxy) is 1. The minimum absolute atomic E-state index is 0.0153. The normalized spacial score (nSPS) is 16.9. The number of rotatable bonds is 5. The van der Waals surface area contributed by atoms with Crippen LogP contribution in [0.1, 0.15) is 41.3 Å². The maximum absolute atomic E-state index is 11.8. The summed E-state index contributed by atoms with van der Waals surface area (Å²) in [5.41, 5.74) is 0.245. The van der Waals surface area contributed by atoms with Crippen LogP contribution in [0.5, 0.6) is 0 Å². The van der Waals surface area contributed by atoms with Crippen molar-refractivity contribution in [1.29, 1.82) is 0 Å². The van der Waals surface area contributed by atoms with Crippen molar-refractivity contribution in [2.45, 2.75) is 25.8 Å². The third-order valence-electron chi connectivity index (χ3n) is 3.83. The predicted octanol–water partition coefficient (Wildman–Crippen LogP) is 3.73. The van der Waals surface area contributed by atoms with Gasteiger partial charge in [-0.25, -0.2) is 14.8 Å². The maximum atomic E-state index is 11.8. The molecule has 10 heteroatoms. The fraction of sp³-hybridized carbons (Fsp3) is 0.400. The van der Waals surface area contributed by atoms with Gasteiger partial charge in [0.05, 0.1) is 22.0 Å². The number of hydrogen-bond acceptors (Lipinski definition) is 8. The van der Waals surface area contributed by atoms with Crippen LogP contribution in [-0.4, -0.2) is 34.0 Å². The van der Waals surface area contributed by atoms with Crippen molar-refractivity contribution < 1.29 is 14.5 Å². The van der Waals surface area contributed by atoms with E-state index in [4.69, 9.17) is 4.74 Å². The standard InChI is InChI=1S/C15H15BrN4O4S/c1-2-24-15(21)11-8-25-14(18-11)12-4-3-5-19(12)13-10(16)6-9(7-17-13)20(22)23/h6-8,12H,2-5H2,1H3. The first kappa shape index (κ1) is 17.7. The molecule has 0 N–H and O–H groups in total. The van der Waals surface area contributed by atoms with E-state index in [9.17, 15) is 14.9 Å². The summed E-state index contributed by atoms with van der Waals surface area (Å²) < 4.78 is 5.54. The third-order valence-corrected chi connectivity index (χ3v) is 5.36. The van der Waals surface area contributed by atoms with Gasteiger partial charge in [-0.15, -0.1) is 11.3 Å². The van der Waals surface area contributed by atoms with E-state index in [2.05, 4.69) is 30.8 Å². The summed E-state index contributed by atoms with van der Waals surface area (Å²) in [4.78, 5) is 32.9. The van der Waals surface area contributed by atoms with Gasteiger partial charge in [-0.3, -0.25) is 10.1 Å². The molecule has 0 saturated carbocycles. The third kappa shape index (κ3) is 3.64. The summed E-state index contributed by atoms with van der Waals surface area (Å²) in [5, 5.41) is 13.4. The van der Waals surface area contributed by atoms with Crippen molar-refractivity contribution >= 4 is 44.7 Å². The molecule has 1 fully saturated rings. The van der Waals surface area contributed by atoms with Gasteiger partial charge in [-0.2, -0.15) is 0 Å². The molecule has 2 aromatic heterocycles. The maximum Gasteiger partial charge on any atom is 0.357 e. The number of carbonyl (C=O) groups excluding carboxylic acids is 1. The fourth-order valence-corrected chi connectivity index (χ4v) is 4.25. The zero-order chi connectivity index (χ0) is 18.0. The van der Waals surface area contributed by atoms with Crippen LogP contribution in [0.4, 0.5) is 11.5 Å². The van der Waals surface area contributed by atoms with Crippen LogP contribution in [-0.2, 0) is 4.74 Å². The van der Waals surface area contributed by atoms with Gasteiger partial charge in [0.2, 0.25) is 0 Å². The Hall–Kier alpha value is -2.07. The Labute approximate surface area is 156 Å². The Morgan fingerprint density at radius 2 is 2.40 bits per heavy atom. The monoisotopic (exact) mass is 426 g/mol. The van der Waals surface area contributed by atoms with Crippen molar-refractivity contribution in [2.75, 3.05) is 18.1 Å². The average Bonchev–Trinajstić information content (AvgIpc) is 3.23. The first-order chi connectivity index (χ1) is 12.0. The van der Waals surface area contributed by atoms with Gasteiger partial charge < -0.3 is 9.64 Å². The molecule has 3 rings (SSSR count). The van der Waals surface area contributed by atoms with E-state index >= 15 is 0 Å². The van der Waals surface area contributed by atoms with E-state index < -0.39 is 10.9 Å². The molecule has 1 aliphatic heterocycles. The summed E-state index contributed by atoms with van der Waals surface area (Å²) in [5.74, 6) is 0.213. The molecule has 0 spiro atoms. The van der Waals surface area contributed by atoms with Gasteiger partial charge in [0.1, 0.15) is 17.0 Å². The van der Waals surface area contributed by atoms with E-state index in [1.165, 1.54) is 23.6 Å². The molecule has 8 nitrogen and oxygen atoms in total. The van der Waals surface area contributed by atoms with E-state index in [-0.39, 0.29) is 11.7 Å². The van der Waals surface area contributed by atoms with Gasteiger partial charge in [0, 0.05) is 18.0 Å². The number of carbonyl (C=O) groups is 1. The van der Waals surface area contributed by atoms with Crippen LogP contribution in [0.15, 0.2) is 22.1 Å². The second-order valence-corrected chi connectivity index (χ2v) is 7.14. The Morgan fingerprint density at radius 1 is 1.60 bits per heavy atom. The number of nitro groups is 1. The second-order valence-electron chi connectivity index (χ2n) is 5.40. The van der Waals surface area contributed by atoms with E-state index in [0.29, 0.717) is 22.6 Å². The molecule has 1 saturated heterocycles. The highest BCUT2D eigenvalue weighted by molar-refractivity contribution is 9.10. The fourth-order valence-electron chi connectivity index (χ4n) is 2.75. The Kier molecular flexibility index (Phi) is 5.28. The number of anilines is 1. The van der Waals surface area contributed by atoms with Crippen molar-refractivity contribution in [1.82, 2.24) is 9.97 Å². The number of pyridine rings is 1. The van der Waals surface area contributed by atoms with Crippen molar-refractivity contribution in [3.8, 4) is 0 Å². The molecule has 1 atom stereocenters. The van der Waals surface area contributed by atoms with Gasteiger partial charge in [-0.05, 0) is 35.7 Å². The molecule has 0 aromatic carbocycles. The topological polar surface area (TPSA) is 98.5 Å². The first-order valence-electron chi connectivity index (χ1n) is 7.70. The second kappa shape index (κ2) is 7.44. The molecular formula is C15H15BrN4O4S. The number of hydrogen-bond donors (Lipinski definition) is 0. The molecule has 0 radical (unpaired) electrons. The largest absolute Gasteiger partial charge is 0.461 e. The zero-order valence-corrected chi connectivity index (χ0v) is 15.7. The van der Waals surface area contributed by atoms with Gasteiger partial charge in [0.15, 0.2) is 5.69 Å². The molecule has 0 amide bonds. The van der Waals surface area contributed by atoms with Gasteiger partial charge >= 0.3 is 5.97 Å². The number of nitrogens with zero attached hydrogens (tertiary/aromatic N) is 4. The van der Waals surface area contributed by atoms with Crippen molar-refractivity contribution in [2.24, 2.45) is 0 Å². The van der Waals surface area contributed by atoms with Crippen LogP contribution in [0.2, 0.25) is 0 Å². The Morgan fingerprint density at radius 3 is 3.08 bits per heavy atom. The molecular weight excluding hydrogens is 412 g/mol. The summed E-state index contributed by atoms with van der Waals surface area (Å²) in [6.07, 6.45) is 3.08. The lowest BCUT2D eigenvalue weighted by Crippen LogP contribution is -2.24. The Balaban J connectivity index is 1.86. The minimum atomic E-state index is -0.477. The lowest BCUT2D eigenvalue weighted by molar-refractivity contribution is -0.385. The van der Waals surface area contributed by atoms with Crippen LogP contribution < -0.4 is 4.90 Å².